The highest BCUT2D eigenvalue weighted by atomic mass is 16.3. The number of aromatic nitrogens is 1. The van der Waals surface area contributed by atoms with Crippen LogP contribution < -0.4 is 10.6 Å². The molecule has 0 saturated carbocycles. The Morgan fingerprint density at radius 3 is 2.82 bits per heavy atom. The number of carbonyl (C=O) groups excluding carboxylic acids is 1. The molecule has 0 aliphatic carbocycles. The van der Waals surface area contributed by atoms with Gasteiger partial charge in [0.25, 0.3) is 5.91 Å². The largest absolute Gasteiger partial charge is 0.396 e. The van der Waals surface area contributed by atoms with E-state index in [1.165, 1.54) is 0 Å². The molecule has 1 aromatic heterocycles. The molecule has 0 bridgehead atoms. The molecule has 17 heavy (non-hydrogen) atoms. The molecular formula is C12H19N3O2. The molecule has 0 radical (unpaired) electrons. The lowest BCUT2D eigenvalue weighted by molar-refractivity contribution is 0.0958. The zero-order valence-corrected chi connectivity index (χ0v) is 10.4. The van der Waals surface area contributed by atoms with E-state index < -0.39 is 0 Å². The zero-order chi connectivity index (χ0) is 12.9. The molecule has 3 N–H and O–H groups in total. The van der Waals surface area contributed by atoms with Gasteiger partial charge in [0.1, 0.15) is 5.69 Å². The van der Waals surface area contributed by atoms with E-state index in [1.807, 2.05) is 13.8 Å². The van der Waals surface area contributed by atoms with Gasteiger partial charge in [-0.25, -0.2) is 0 Å². The van der Waals surface area contributed by atoms with Crippen molar-refractivity contribution in [3.8, 4) is 0 Å². The first kappa shape index (κ1) is 13.4. The Morgan fingerprint density at radius 1 is 1.53 bits per heavy atom. The van der Waals surface area contributed by atoms with Gasteiger partial charge in [-0.05, 0) is 12.1 Å². The quantitative estimate of drug-likeness (QED) is 0.710. The SMILES string of the molecule is CNC(=O)c1cc(NCC(C)(C)CO)ccn1. The van der Waals surface area contributed by atoms with E-state index in [2.05, 4.69) is 15.6 Å². The Labute approximate surface area is 101 Å². The van der Waals surface area contributed by atoms with Crippen LogP contribution in [0.5, 0.6) is 0 Å². The fraction of sp³-hybridized carbons (Fsp3) is 0.500. The number of anilines is 1. The van der Waals surface area contributed by atoms with E-state index in [9.17, 15) is 4.79 Å². The van der Waals surface area contributed by atoms with Crippen LogP contribution in [0.2, 0.25) is 0 Å². The van der Waals surface area contributed by atoms with Crippen LogP contribution in [0.15, 0.2) is 18.3 Å². The standard InChI is InChI=1S/C12H19N3O2/c1-12(2,8-16)7-15-9-4-5-14-10(6-9)11(17)13-3/h4-6,16H,7-8H2,1-3H3,(H,13,17)(H,14,15). The smallest absolute Gasteiger partial charge is 0.269 e. The first-order valence-corrected chi connectivity index (χ1v) is 5.51. The minimum absolute atomic E-state index is 0.105. The second-order valence-corrected chi connectivity index (χ2v) is 4.68. The van der Waals surface area contributed by atoms with Crippen molar-refractivity contribution in [2.24, 2.45) is 5.41 Å². The summed E-state index contributed by atoms with van der Waals surface area (Å²) in [6.07, 6.45) is 1.58. The summed E-state index contributed by atoms with van der Waals surface area (Å²) in [5, 5.41) is 14.8. The average molecular weight is 237 g/mol. The van der Waals surface area contributed by atoms with Crippen molar-refractivity contribution in [2.45, 2.75) is 13.8 Å². The maximum absolute atomic E-state index is 11.4. The molecule has 1 amide bonds. The van der Waals surface area contributed by atoms with E-state index in [0.717, 1.165) is 5.69 Å². The third-order valence-corrected chi connectivity index (χ3v) is 2.42. The second kappa shape index (κ2) is 5.63. The van der Waals surface area contributed by atoms with Crippen LogP contribution in [0, 0.1) is 5.41 Å². The molecule has 5 heteroatoms. The van der Waals surface area contributed by atoms with Crippen molar-refractivity contribution in [3.05, 3.63) is 24.0 Å². The summed E-state index contributed by atoms with van der Waals surface area (Å²) in [5.74, 6) is -0.213. The number of carbonyl (C=O) groups is 1. The van der Waals surface area contributed by atoms with Crippen LogP contribution in [0.1, 0.15) is 24.3 Å². The van der Waals surface area contributed by atoms with Gasteiger partial charge in [0.15, 0.2) is 0 Å². The highest BCUT2D eigenvalue weighted by Crippen LogP contribution is 2.16. The number of amides is 1. The van der Waals surface area contributed by atoms with E-state index in [0.29, 0.717) is 12.2 Å². The van der Waals surface area contributed by atoms with Crippen LogP contribution >= 0.6 is 0 Å². The molecule has 1 heterocycles. The van der Waals surface area contributed by atoms with Crippen molar-refractivity contribution in [1.29, 1.82) is 0 Å². The number of nitrogens with one attached hydrogen (secondary N) is 2. The van der Waals surface area contributed by atoms with Crippen LogP contribution in [-0.2, 0) is 0 Å². The monoisotopic (exact) mass is 237 g/mol. The summed E-state index contributed by atoms with van der Waals surface area (Å²) in [4.78, 5) is 15.4. The molecule has 0 atom stereocenters. The number of rotatable bonds is 5. The lowest BCUT2D eigenvalue weighted by Crippen LogP contribution is -2.27. The van der Waals surface area contributed by atoms with E-state index in [4.69, 9.17) is 5.11 Å². The first-order valence-electron chi connectivity index (χ1n) is 5.51. The molecule has 0 aromatic carbocycles. The number of hydrogen-bond acceptors (Lipinski definition) is 4. The molecule has 94 valence electrons. The zero-order valence-electron chi connectivity index (χ0n) is 10.4. The Bertz CT molecular complexity index is 391. The van der Waals surface area contributed by atoms with Crippen molar-refractivity contribution in [1.82, 2.24) is 10.3 Å². The summed E-state index contributed by atoms with van der Waals surface area (Å²) in [6, 6.07) is 3.48. The normalized spacial score (nSPS) is 11.1. The highest BCUT2D eigenvalue weighted by molar-refractivity contribution is 5.92. The van der Waals surface area contributed by atoms with Gasteiger partial charge in [0.05, 0.1) is 0 Å². The molecule has 0 spiro atoms. The van der Waals surface area contributed by atoms with E-state index in [-0.39, 0.29) is 17.9 Å². The summed E-state index contributed by atoms with van der Waals surface area (Å²) in [7, 11) is 1.57. The molecule has 0 fully saturated rings. The van der Waals surface area contributed by atoms with Crippen molar-refractivity contribution in [3.63, 3.8) is 0 Å². The van der Waals surface area contributed by atoms with Gasteiger partial charge in [-0.3, -0.25) is 9.78 Å². The fourth-order valence-corrected chi connectivity index (χ4v) is 1.19. The van der Waals surface area contributed by atoms with Gasteiger partial charge in [-0.15, -0.1) is 0 Å². The fourth-order valence-electron chi connectivity index (χ4n) is 1.19. The summed E-state index contributed by atoms with van der Waals surface area (Å²) in [5.41, 5.74) is 0.996. The third kappa shape index (κ3) is 4.03. The number of aliphatic hydroxyl groups excluding tert-OH is 1. The topological polar surface area (TPSA) is 74.2 Å². The molecule has 0 aliphatic rings. The molecule has 0 saturated heterocycles. The summed E-state index contributed by atoms with van der Waals surface area (Å²) in [6.45, 7) is 4.65. The number of nitrogens with zero attached hydrogens (tertiary/aromatic N) is 1. The average Bonchev–Trinajstić information content (AvgIpc) is 2.36. The first-order chi connectivity index (χ1) is 7.98. The molecule has 1 rings (SSSR count). The maximum atomic E-state index is 11.4. The van der Waals surface area contributed by atoms with Crippen molar-refractivity contribution >= 4 is 11.6 Å². The predicted molar refractivity (Wildman–Crippen MR) is 67.0 cm³/mol. The molecule has 0 aliphatic heterocycles. The molecular weight excluding hydrogens is 218 g/mol. The Hall–Kier alpha value is -1.62. The minimum Gasteiger partial charge on any atom is -0.396 e. The third-order valence-electron chi connectivity index (χ3n) is 2.42. The molecule has 5 nitrogen and oxygen atoms in total. The summed E-state index contributed by atoms with van der Waals surface area (Å²) < 4.78 is 0. The van der Waals surface area contributed by atoms with Crippen LogP contribution in [0.4, 0.5) is 5.69 Å². The van der Waals surface area contributed by atoms with Crippen molar-refractivity contribution < 1.29 is 9.90 Å². The number of pyridine rings is 1. The van der Waals surface area contributed by atoms with Gasteiger partial charge in [0, 0.05) is 37.5 Å². The lowest BCUT2D eigenvalue weighted by Gasteiger charge is -2.22. The predicted octanol–water partition coefficient (Wildman–Crippen LogP) is 0.872. The van der Waals surface area contributed by atoms with Crippen LogP contribution in [-0.4, -0.2) is 36.2 Å². The Kier molecular flexibility index (Phi) is 4.45. The van der Waals surface area contributed by atoms with Crippen molar-refractivity contribution in [2.75, 3.05) is 25.5 Å². The second-order valence-electron chi connectivity index (χ2n) is 4.68. The number of hydrogen-bond donors (Lipinski definition) is 3. The Balaban J connectivity index is 2.70. The highest BCUT2D eigenvalue weighted by Gasteiger charge is 2.16. The van der Waals surface area contributed by atoms with Crippen LogP contribution in [0.3, 0.4) is 0 Å². The van der Waals surface area contributed by atoms with Gasteiger partial charge in [-0.2, -0.15) is 0 Å². The van der Waals surface area contributed by atoms with E-state index >= 15 is 0 Å². The van der Waals surface area contributed by atoms with Gasteiger partial charge < -0.3 is 15.7 Å². The number of aliphatic hydroxyl groups is 1. The van der Waals surface area contributed by atoms with Gasteiger partial charge in [-0.1, -0.05) is 13.8 Å². The minimum atomic E-state index is -0.213. The van der Waals surface area contributed by atoms with Crippen LogP contribution in [0.25, 0.3) is 0 Å². The molecule has 0 unspecified atom stereocenters. The molecule has 1 aromatic rings. The van der Waals surface area contributed by atoms with E-state index in [1.54, 1.807) is 25.4 Å². The van der Waals surface area contributed by atoms with Gasteiger partial charge >= 0.3 is 0 Å². The lowest BCUT2D eigenvalue weighted by atomic mass is 9.95. The Morgan fingerprint density at radius 2 is 2.24 bits per heavy atom. The summed E-state index contributed by atoms with van der Waals surface area (Å²) >= 11 is 0. The maximum Gasteiger partial charge on any atom is 0.269 e. The van der Waals surface area contributed by atoms with Gasteiger partial charge in [0.2, 0.25) is 0 Å².